The standard InChI is InChI=1S/C17H20N2O2/c1-19(2)16-9-5-14(6-10-16)17(21)18-15-7-3-13(4-8-15)11-12-20/h3-10,20H,11-12H2,1-2H3,(H,18,21). The Morgan fingerprint density at radius 2 is 1.67 bits per heavy atom. The maximum absolute atomic E-state index is 12.1. The number of benzene rings is 2. The zero-order valence-corrected chi connectivity index (χ0v) is 12.3. The summed E-state index contributed by atoms with van der Waals surface area (Å²) in [7, 11) is 3.92. The second-order valence-corrected chi connectivity index (χ2v) is 5.07. The molecule has 110 valence electrons. The smallest absolute Gasteiger partial charge is 0.255 e. The molecule has 0 aliphatic rings. The molecule has 2 rings (SSSR count). The number of hydrogen-bond donors (Lipinski definition) is 2. The Labute approximate surface area is 125 Å². The van der Waals surface area contributed by atoms with Gasteiger partial charge in [0.1, 0.15) is 0 Å². The van der Waals surface area contributed by atoms with E-state index in [0.717, 1.165) is 16.9 Å². The molecule has 0 spiro atoms. The average Bonchev–Trinajstić information content (AvgIpc) is 2.49. The number of nitrogens with zero attached hydrogens (tertiary/aromatic N) is 1. The van der Waals surface area contributed by atoms with Gasteiger partial charge in [0.05, 0.1) is 0 Å². The summed E-state index contributed by atoms with van der Waals surface area (Å²) < 4.78 is 0. The Hall–Kier alpha value is -2.33. The SMILES string of the molecule is CN(C)c1ccc(C(=O)Nc2ccc(CCO)cc2)cc1. The summed E-state index contributed by atoms with van der Waals surface area (Å²) in [4.78, 5) is 14.1. The van der Waals surface area contributed by atoms with Crippen LogP contribution in [-0.4, -0.2) is 31.7 Å². The van der Waals surface area contributed by atoms with Crippen LogP contribution in [0.1, 0.15) is 15.9 Å². The number of nitrogens with one attached hydrogen (secondary N) is 1. The Kier molecular flexibility index (Phi) is 4.95. The number of rotatable bonds is 5. The molecule has 0 aliphatic heterocycles. The van der Waals surface area contributed by atoms with E-state index in [4.69, 9.17) is 5.11 Å². The summed E-state index contributed by atoms with van der Waals surface area (Å²) >= 11 is 0. The first-order chi connectivity index (χ1) is 10.1. The van der Waals surface area contributed by atoms with Gasteiger partial charge < -0.3 is 15.3 Å². The molecule has 0 bridgehead atoms. The van der Waals surface area contributed by atoms with Crippen LogP contribution < -0.4 is 10.2 Å². The quantitative estimate of drug-likeness (QED) is 0.887. The summed E-state index contributed by atoms with van der Waals surface area (Å²) in [6, 6.07) is 14.9. The molecule has 4 nitrogen and oxygen atoms in total. The summed E-state index contributed by atoms with van der Waals surface area (Å²) in [5, 5.41) is 11.7. The predicted molar refractivity (Wildman–Crippen MR) is 86.0 cm³/mol. The van der Waals surface area contributed by atoms with Gasteiger partial charge in [-0.05, 0) is 48.4 Å². The van der Waals surface area contributed by atoms with Crippen molar-refractivity contribution in [3.63, 3.8) is 0 Å². The van der Waals surface area contributed by atoms with E-state index in [1.807, 2.05) is 67.5 Å². The summed E-state index contributed by atoms with van der Waals surface area (Å²) in [5.41, 5.74) is 3.48. The Morgan fingerprint density at radius 3 is 2.19 bits per heavy atom. The maximum Gasteiger partial charge on any atom is 0.255 e. The van der Waals surface area contributed by atoms with Crippen molar-refractivity contribution in [2.24, 2.45) is 0 Å². The highest BCUT2D eigenvalue weighted by Gasteiger charge is 2.06. The summed E-state index contributed by atoms with van der Waals surface area (Å²) in [6.07, 6.45) is 0.625. The van der Waals surface area contributed by atoms with Gasteiger partial charge >= 0.3 is 0 Å². The average molecular weight is 284 g/mol. The molecule has 0 unspecified atom stereocenters. The van der Waals surface area contributed by atoms with Crippen LogP contribution in [-0.2, 0) is 6.42 Å². The predicted octanol–water partition coefficient (Wildman–Crippen LogP) is 2.54. The van der Waals surface area contributed by atoms with Crippen LogP contribution in [0.4, 0.5) is 11.4 Å². The first-order valence-corrected chi connectivity index (χ1v) is 6.88. The van der Waals surface area contributed by atoms with Gasteiger partial charge in [0.25, 0.3) is 5.91 Å². The van der Waals surface area contributed by atoms with Crippen LogP contribution in [0.2, 0.25) is 0 Å². The number of anilines is 2. The highest BCUT2D eigenvalue weighted by atomic mass is 16.2. The van der Waals surface area contributed by atoms with Crippen molar-refractivity contribution in [1.29, 1.82) is 0 Å². The van der Waals surface area contributed by atoms with E-state index in [1.165, 1.54) is 0 Å². The minimum Gasteiger partial charge on any atom is -0.396 e. The molecule has 0 aromatic heterocycles. The third-order valence-corrected chi connectivity index (χ3v) is 3.26. The molecule has 0 fully saturated rings. The zero-order valence-electron chi connectivity index (χ0n) is 12.3. The lowest BCUT2D eigenvalue weighted by atomic mass is 10.1. The van der Waals surface area contributed by atoms with E-state index < -0.39 is 0 Å². The normalized spacial score (nSPS) is 10.2. The molecule has 0 radical (unpaired) electrons. The molecule has 21 heavy (non-hydrogen) atoms. The van der Waals surface area contributed by atoms with Crippen LogP contribution in [0.15, 0.2) is 48.5 Å². The molecular weight excluding hydrogens is 264 g/mol. The molecule has 0 aliphatic carbocycles. The number of carbonyl (C=O) groups excluding carboxylic acids is 1. The van der Waals surface area contributed by atoms with Gasteiger partial charge in [-0.3, -0.25) is 4.79 Å². The van der Waals surface area contributed by atoms with Crippen molar-refractivity contribution >= 4 is 17.3 Å². The topological polar surface area (TPSA) is 52.6 Å². The molecule has 2 aromatic carbocycles. The molecule has 0 heterocycles. The van der Waals surface area contributed by atoms with Gasteiger partial charge in [-0.15, -0.1) is 0 Å². The second kappa shape index (κ2) is 6.90. The molecular formula is C17H20N2O2. The molecule has 4 heteroatoms. The molecule has 1 amide bonds. The fourth-order valence-electron chi connectivity index (χ4n) is 2.00. The Balaban J connectivity index is 2.03. The van der Waals surface area contributed by atoms with Gasteiger partial charge in [0.2, 0.25) is 0 Å². The first-order valence-electron chi connectivity index (χ1n) is 6.88. The van der Waals surface area contributed by atoms with E-state index >= 15 is 0 Å². The lowest BCUT2D eigenvalue weighted by Gasteiger charge is -2.12. The molecule has 2 aromatic rings. The van der Waals surface area contributed by atoms with Gasteiger partial charge in [-0.1, -0.05) is 12.1 Å². The molecule has 0 atom stereocenters. The molecule has 0 saturated heterocycles. The zero-order chi connectivity index (χ0) is 15.2. The van der Waals surface area contributed by atoms with Crippen molar-refractivity contribution in [3.05, 3.63) is 59.7 Å². The number of amides is 1. The first kappa shape index (κ1) is 15.1. The van der Waals surface area contributed by atoms with Gasteiger partial charge in [0, 0.05) is 37.6 Å². The van der Waals surface area contributed by atoms with Crippen molar-refractivity contribution < 1.29 is 9.90 Å². The monoisotopic (exact) mass is 284 g/mol. The highest BCUT2D eigenvalue weighted by molar-refractivity contribution is 6.04. The van der Waals surface area contributed by atoms with Crippen LogP contribution in [0.3, 0.4) is 0 Å². The summed E-state index contributed by atoms with van der Waals surface area (Å²) in [5.74, 6) is -0.129. The number of aliphatic hydroxyl groups is 1. The van der Waals surface area contributed by atoms with Crippen LogP contribution >= 0.6 is 0 Å². The number of carbonyl (C=O) groups is 1. The number of hydrogen-bond acceptors (Lipinski definition) is 3. The minimum atomic E-state index is -0.129. The number of aliphatic hydroxyl groups excluding tert-OH is 1. The third kappa shape index (κ3) is 4.07. The van der Waals surface area contributed by atoms with E-state index in [2.05, 4.69) is 5.32 Å². The van der Waals surface area contributed by atoms with E-state index in [-0.39, 0.29) is 12.5 Å². The van der Waals surface area contributed by atoms with Crippen LogP contribution in [0.5, 0.6) is 0 Å². The van der Waals surface area contributed by atoms with Crippen molar-refractivity contribution in [3.8, 4) is 0 Å². The lowest BCUT2D eigenvalue weighted by Crippen LogP contribution is -2.13. The molecule has 0 saturated carbocycles. The van der Waals surface area contributed by atoms with Crippen molar-refractivity contribution in [2.75, 3.05) is 30.9 Å². The Morgan fingerprint density at radius 1 is 1.05 bits per heavy atom. The fourth-order valence-corrected chi connectivity index (χ4v) is 2.00. The maximum atomic E-state index is 12.1. The van der Waals surface area contributed by atoms with E-state index in [1.54, 1.807) is 0 Å². The van der Waals surface area contributed by atoms with Gasteiger partial charge in [-0.25, -0.2) is 0 Å². The highest BCUT2D eigenvalue weighted by Crippen LogP contribution is 2.15. The Bertz CT molecular complexity index is 589. The molecule has 2 N–H and O–H groups in total. The van der Waals surface area contributed by atoms with Crippen molar-refractivity contribution in [2.45, 2.75) is 6.42 Å². The summed E-state index contributed by atoms with van der Waals surface area (Å²) in [6.45, 7) is 0.129. The largest absolute Gasteiger partial charge is 0.396 e. The van der Waals surface area contributed by atoms with Gasteiger partial charge in [-0.2, -0.15) is 0 Å². The fraction of sp³-hybridized carbons (Fsp3) is 0.235. The third-order valence-electron chi connectivity index (χ3n) is 3.26. The van der Waals surface area contributed by atoms with Crippen molar-refractivity contribution in [1.82, 2.24) is 0 Å². The second-order valence-electron chi connectivity index (χ2n) is 5.07. The van der Waals surface area contributed by atoms with E-state index in [9.17, 15) is 4.79 Å². The van der Waals surface area contributed by atoms with Gasteiger partial charge in [0.15, 0.2) is 0 Å². The lowest BCUT2D eigenvalue weighted by molar-refractivity contribution is 0.102. The van der Waals surface area contributed by atoms with E-state index in [0.29, 0.717) is 12.0 Å². The van der Waals surface area contributed by atoms with Crippen LogP contribution in [0, 0.1) is 0 Å². The van der Waals surface area contributed by atoms with Crippen LogP contribution in [0.25, 0.3) is 0 Å². The minimum absolute atomic E-state index is 0.129.